The summed E-state index contributed by atoms with van der Waals surface area (Å²) in [5, 5.41) is 3.32. The lowest BCUT2D eigenvalue weighted by Gasteiger charge is -2.12. The number of rotatable bonds is 4. The molecule has 0 radical (unpaired) electrons. The first-order valence-corrected chi connectivity index (χ1v) is 8.31. The second-order valence-electron chi connectivity index (χ2n) is 5.95. The van der Waals surface area contributed by atoms with E-state index in [0.717, 1.165) is 30.3 Å². The fraction of sp³-hybridized carbons (Fsp3) is 0.353. The summed E-state index contributed by atoms with van der Waals surface area (Å²) in [6.45, 7) is 0.0123. The molecule has 6 nitrogen and oxygen atoms in total. The van der Waals surface area contributed by atoms with Crippen molar-refractivity contribution >= 4 is 17.5 Å². The normalized spacial score (nSPS) is 14.7. The van der Waals surface area contributed by atoms with E-state index in [9.17, 15) is 14.4 Å². The van der Waals surface area contributed by atoms with Gasteiger partial charge in [0.05, 0.1) is 6.54 Å². The Balaban J connectivity index is 1.90. The van der Waals surface area contributed by atoms with Crippen molar-refractivity contribution in [3.8, 4) is 0 Å². The maximum absolute atomic E-state index is 12.6. The van der Waals surface area contributed by atoms with Crippen molar-refractivity contribution in [2.75, 3.05) is 0 Å². The number of nitrogens with one attached hydrogen (secondary N) is 2. The quantitative estimate of drug-likeness (QED) is 0.886. The number of aromatic nitrogens is 2. The van der Waals surface area contributed by atoms with Crippen LogP contribution in [0.25, 0.3) is 0 Å². The zero-order valence-corrected chi connectivity index (χ0v) is 13.8. The van der Waals surface area contributed by atoms with Crippen molar-refractivity contribution in [1.29, 1.82) is 0 Å². The zero-order chi connectivity index (χ0) is 17.1. The molecule has 0 aliphatic heterocycles. The van der Waals surface area contributed by atoms with Crippen molar-refractivity contribution in [2.24, 2.45) is 0 Å². The summed E-state index contributed by atoms with van der Waals surface area (Å²) in [5.41, 5.74) is -0.611. The number of amides is 1. The van der Waals surface area contributed by atoms with Gasteiger partial charge in [-0.15, -0.1) is 0 Å². The molecule has 24 heavy (non-hydrogen) atoms. The summed E-state index contributed by atoms with van der Waals surface area (Å²) >= 11 is 6.09. The predicted molar refractivity (Wildman–Crippen MR) is 91.6 cm³/mol. The van der Waals surface area contributed by atoms with Gasteiger partial charge in [-0.3, -0.25) is 14.2 Å². The highest BCUT2D eigenvalue weighted by atomic mass is 35.5. The molecular formula is C17H18ClN3O3. The molecule has 7 heteroatoms. The fourth-order valence-electron chi connectivity index (χ4n) is 2.95. The lowest BCUT2D eigenvalue weighted by Crippen LogP contribution is -2.42. The highest BCUT2D eigenvalue weighted by Crippen LogP contribution is 2.18. The van der Waals surface area contributed by atoms with Gasteiger partial charge in [0.25, 0.3) is 11.5 Å². The van der Waals surface area contributed by atoms with E-state index in [1.165, 1.54) is 6.20 Å². The topological polar surface area (TPSA) is 84.0 Å². The fourth-order valence-corrected chi connectivity index (χ4v) is 3.14. The molecule has 1 aliphatic carbocycles. The number of aromatic amines is 1. The summed E-state index contributed by atoms with van der Waals surface area (Å²) in [4.78, 5) is 39.4. The summed E-state index contributed by atoms with van der Waals surface area (Å²) in [6.07, 6.45) is 5.17. The third-order valence-corrected chi connectivity index (χ3v) is 4.65. The van der Waals surface area contributed by atoms with Crippen LogP contribution in [-0.2, 0) is 6.54 Å². The molecule has 2 aromatic rings. The number of benzene rings is 1. The van der Waals surface area contributed by atoms with Gasteiger partial charge in [0.1, 0.15) is 5.56 Å². The molecule has 1 amide bonds. The monoisotopic (exact) mass is 347 g/mol. The van der Waals surface area contributed by atoms with Crippen LogP contribution in [0.5, 0.6) is 0 Å². The first-order valence-electron chi connectivity index (χ1n) is 7.93. The Labute approximate surface area is 143 Å². The molecule has 3 rings (SSSR count). The smallest absolute Gasteiger partial charge is 0.328 e. The highest BCUT2D eigenvalue weighted by molar-refractivity contribution is 6.31. The maximum atomic E-state index is 12.6. The molecule has 1 aromatic carbocycles. The van der Waals surface area contributed by atoms with Crippen molar-refractivity contribution in [3.05, 3.63) is 67.4 Å². The molecule has 1 fully saturated rings. The Morgan fingerprint density at radius 2 is 1.96 bits per heavy atom. The Hall–Kier alpha value is -2.34. The summed E-state index contributed by atoms with van der Waals surface area (Å²) in [7, 11) is 0. The standard InChI is InChI=1S/C17H18ClN3O3/c18-14-8-4-1-5-11(14)10-21-16(23)13(9-19-17(21)24)15(22)20-12-6-2-3-7-12/h1,4-5,8-9,12H,2-3,6-7,10H2,(H,19,24)(H,20,22). The molecular weight excluding hydrogens is 330 g/mol. The number of nitrogens with zero attached hydrogens (tertiary/aromatic N) is 1. The average Bonchev–Trinajstić information content (AvgIpc) is 3.06. The Morgan fingerprint density at radius 3 is 2.67 bits per heavy atom. The van der Waals surface area contributed by atoms with E-state index in [-0.39, 0.29) is 18.2 Å². The van der Waals surface area contributed by atoms with Crippen LogP contribution >= 0.6 is 11.6 Å². The van der Waals surface area contributed by atoms with Gasteiger partial charge >= 0.3 is 5.69 Å². The second-order valence-corrected chi connectivity index (χ2v) is 6.35. The van der Waals surface area contributed by atoms with Crippen molar-refractivity contribution < 1.29 is 4.79 Å². The molecule has 2 N–H and O–H groups in total. The van der Waals surface area contributed by atoms with Gasteiger partial charge in [-0.1, -0.05) is 42.6 Å². The highest BCUT2D eigenvalue weighted by Gasteiger charge is 2.21. The number of hydrogen-bond donors (Lipinski definition) is 2. The van der Waals surface area contributed by atoms with E-state index >= 15 is 0 Å². The van der Waals surface area contributed by atoms with Crippen LogP contribution in [0.4, 0.5) is 0 Å². The zero-order valence-electron chi connectivity index (χ0n) is 13.0. The minimum Gasteiger partial charge on any atom is -0.349 e. The Morgan fingerprint density at radius 1 is 1.25 bits per heavy atom. The van der Waals surface area contributed by atoms with Crippen LogP contribution in [0.3, 0.4) is 0 Å². The average molecular weight is 348 g/mol. The van der Waals surface area contributed by atoms with Gasteiger partial charge in [0.2, 0.25) is 0 Å². The van der Waals surface area contributed by atoms with Crippen LogP contribution in [0, 0.1) is 0 Å². The second kappa shape index (κ2) is 7.05. The van der Waals surface area contributed by atoms with Gasteiger partial charge in [-0.25, -0.2) is 4.79 Å². The van der Waals surface area contributed by atoms with E-state index in [1.54, 1.807) is 24.3 Å². The minimum atomic E-state index is -0.617. The molecule has 0 atom stereocenters. The van der Waals surface area contributed by atoms with Crippen LogP contribution < -0.4 is 16.6 Å². The number of carbonyl (C=O) groups is 1. The Bertz CT molecular complexity index is 866. The number of hydrogen-bond acceptors (Lipinski definition) is 3. The Kier molecular flexibility index (Phi) is 4.85. The lowest BCUT2D eigenvalue weighted by molar-refractivity contribution is 0.0935. The minimum absolute atomic E-state index is 0.0123. The van der Waals surface area contributed by atoms with E-state index in [4.69, 9.17) is 11.6 Å². The first kappa shape index (κ1) is 16.5. The van der Waals surface area contributed by atoms with Crippen molar-refractivity contribution in [1.82, 2.24) is 14.9 Å². The maximum Gasteiger partial charge on any atom is 0.328 e. The van der Waals surface area contributed by atoms with Gasteiger partial charge < -0.3 is 10.3 Å². The molecule has 0 spiro atoms. The summed E-state index contributed by atoms with van der Waals surface area (Å²) < 4.78 is 0.991. The number of carbonyl (C=O) groups excluding carboxylic acids is 1. The number of H-pyrrole nitrogens is 1. The third kappa shape index (κ3) is 3.43. The van der Waals surface area contributed by atoms with Crippen LogP contribution in [0.15, 0.2) is 40.1 Å². The lowest BCUT2D eigenvalue weighted by atomic mass is 10.2. The van der Waals surface area contributed by atoms with E-state index in [2.05, 4.69) is 10.3 Å². The molecule has 1 aromatic heterocycles. The molecule has 0 saturated heterocycles. The van der Waals surface area contributed by atoms with E-state index < -0.39 is 17.2 Å². The third-order valence-electron chi connectivity index (χ3n) is 4.28. The van der Waals surface area contributed by atoms with Crippen molar-refractivity contribution in [2.45, 2.75) is 38.3 Å². The van der Waals surface area contributed by atoms with Crippen LogP contribution in [0.1, 0.15) is 41.6 Å². The molecule has 1 aliphatic rings. The van der Waals surface area contributed by atoms with Crippen molar-refractivity contribution in [3.63, 3.8) is 0 Å². The number of halogens is 1. The first-order chi connectivity index (χ1) is 11.6. The van der Waals surface area contributed by atoms with Gasteiger partial charge in [0, 0.05) is 17.3 Å². The van der Waals surface area contributed by atoms with Gasteiger partial charge in [-0.2, -0.15) is 0 Å². The summed E-state index contributed by atoms with van der Waals surface area (Å²) in [6, 6.07) is 7.06. The SMILES string of the molecule is O=C(NC1CCCC1)c1c[nH]c(=O)n(Cc2ccccc2Cl)c1=O. The van der Waals surface area contributed by atoms with Gasteiger partial charge in [-0.05, 0) is 24.5 Å². The molecule has 126 valence electrons. The van der Waals surface area contributed by atoms with Gasteiger partial charge in [0.15, 0.2) is 0 Å². The molecule has 1 heterocycles. The van der Waals surface area contributed by atoms with E-state index in [0.29, 0.717) is 10.6 Å². The predicted octanol–water partition coefficient (Wildman–Crippen LogP) is 1.91. The molecule has 0 bridgehead atoms. The van der Waals surface area contributed by atoms with Crippen LogP contribution in [0.2, 0.25) is 5.02 Å². The van der Waals surface area contributed by atoms with E-state index in [1.807, 2.05) is 0 Å². The molecule has 1 saturated carbocycles. The largest absolute Gasteiger partial charge is 0.349 e. The summed E-state index contributed by atoms with van der Waals surface area (Å²) in [5.74, 6) is -0.448. The van der Waals surface area contributed by atoms with Crippen LogP contribution in [-0.4, -0.2) is 21.5 Å². The molecule has 0 unspecified atom stereocenters.